The van der Waals surface area contributed by atoms with Crippen molar-refractivity contribution in [3.05, 3.63) is 23.2 Å². The van der Waals surface area contributed by atoms with Gasteiger partial charge in [0, 0.05) is 18.7 Å². The summed E-state index contributed by atoms with van der Waals surface area (Å²) in [6, 6.07) is 0. The Hall–Kier alpha value is -1.50. The quantitative estimate of drug-likeness (QED) is 0.858. The molecule has 0 aromatic carbocycles. The molecule has 1 heterocycles. The topological polar surface area (TPSA) is 62.5 Å². The number of furan rings is 1. The summed E-state index contributed by atoms with van der Waals surface area (Å²) < 4.78 is 42.5. The number of nitrogens with one attached hydrogen (secondary N) is 1. The van der Waals surface area contributed by atoms with Crippen molar-refractivity contribution in [2.45, 2.75) is 26.6 Å². The molecule has 0 bridgehead atoms. The number of alkyl halides is 3. The van der Waals surface area contributed by atoms with E-state index in [2.05, 4.69) is 5.32 Å². The Morgan fingerprint density at radius 1 is 1.56 bits per heavy atom. The molecule has 7 heteroatoms. The lowest BCUT2D eigenvalue weighted by atomic mass is 10.1. The average Bonchev–Trinajstić information content (AvgIpc) is 2.59. The highest BCUT2D eigenvalue weighted by Crippen LogP contribution is 2.34. The lowest BCUT2D eigenvalue weighted by Gasteiger charge is -2.10. The van der Waals surface area contributed by atoms with Crippen LogP contribution in [0.5, 0.6) is 0 Å². The van der Waals surface area contributed by atoms with Gasteiger partial charge in [-0.15, -0.1) is 0 Å². The third-order valence-corrected chi connectivity index (χ3v) is 2.58. The predicted molar refractivity (Wildman–Crippen MR) is 57.0 cm³/mol. The standard InChI is InChI=1S/C11H14F3NO3/c1-6(10(16)17)3-15-4-8-7(2)18-5-9(8)11(12,13)14/h5-6,15H,3-4H2,1-2H3,(H,16,17). The van der Waals surface area contributed by atoms with Crippen LogP contribution in [0, 0.1) is 12.8 Å². The van der Waals surface area contributed by atoms with Gasteiger partial charge in [0.05, 0.1) is 11.5 Å². The first-order chi connectivity index (χ1) is 8.23. The molecule has 0 spiro atoms. The van der Waals surface area contributed by atoms with Gasteiger partial charge in [-0.05, 0) is 6.92 Å². The van der Waals surface area contributed by atoms with Crippen molar-refractivity contribution in [3.63, 3.8) is 0 Å². The van der Waals surface area contributed by atoms with Gasteiger partial charge in [0.25, 0.3) is 0 Å². The van der Waals surface area contributed by atoms with Gasteiger partial charge in [-0.2, -0.15) is 13.2 Å². The number of halogens is 3. The summed E-state index contributed by atoms with van der Waals surface area (Å²) in [4.78, 5) is 10.5. The van der Waals surface area contributed by atoms with Gasteiger partial charge in [-0.1, -0.05) is 6.92 Å². The molecule has 0 fully saturated rings. The third kappa shape index (κ3) is 3.49. The molecule has 18 heavy (non-hydrogen) atoms. The Morgan fingerprint density at radius 3 is 2.67 bits per heavy atom. The number of hydrogen-bond acceptors (Lipinski definition) is 3. The van der Waals surface area contributed by atoms with E-state index < -0.39 is 23.6 Å². The Labute approximate surface area is 102 Å². The number of rotatable bonds is 5. The molecule has 102 valence electrons. The van der Waals surface area contributed by atoms with Gasteiger partial charge in [0.1, 0.15) is 12.0 Å². The second kappa shape index (κ2) is 5.43. The highest BCUT2D eigenvalue weighted by Gasteiger charge is 2.36. The first kappa shape index (κ1) is 14.6. The molecule has 0 aliphatic heterocycles. The molecule has 1 aromatic heterocycles. The summed E-state index contributed by atoms with van der Waals surface area (Å²) in [7, 11) is 0. The molecule has 1 unspecified atom stereocenters. The second-order valence-electron chi connectivity index (χ2n) is 4.05. The smallest absolute Gasteiger partial charge is 0.419 e. The molecule has 0 amide bonds. The first-order valence-corrected chi connectivity index (χ1v) is 5.31. The van der Waals surface area contributed by atoms with Crippen LogP contribution in [0.4, 0.5) is 13.2 Å². The number of carboxylic acid groups (broad SMARTS) is 1. The van der Waals surface area contributed by atoms with Crippen LogP contribution in [-0.4, -0.2) is 17.6 Å². The molecular weight excluding hydrogens is 251 g/mol. The van der Waals surface area contributed by atoms with E-state index in [0.717, 1.165) is 0 Å². The van der Waals surface area contributed by atoms with Crippen molar-refractivity contribution in [2.24, 2.45) is 5.92 Å². The van der Waals surface area contributed by atoms with Crippen molar-refractivity contribution in [3.8, 4) is 0 Å². The third-order valence-electron chi connectivity index (χ3n) is 2.58. The summed E-state index contributed by atoms with van der Waals surface area (Å²) in [5.74, 6) is -1.48. The molecule has 1 rings (SSSR count). The molecule has 0 aliphatic carbocycles. The van der Waals surface area contributed by atoms with Gasteiger partial charge in [0.15, 0.2) is 0 Å². The number of carboxylic acids is 1. The van der Waals surface area contributed by atoms with Crippen LogP contribution in [0.2, 0.25) is 0 Å². The van der Waals surface area contributed by atoms with Gasteiger partial charge in [-0.25, -0.2) is 0 Å². The first-order valence-electron chi connectivity index (χ1n) is 5.31. The fourth-order valence-electron chi connectivity index (χ4n) is 1.44. The highest BCUT2D eigenvalue weighted by molar-refractivity contribution is 5.69. The molecule has 0 radical (unpaired) electrons. The van der Waals surface area contributed by atoms with Crippen LogP contribution in [0.25, 0.3) is 0 Å². The van der Waals surface area contributed by atoms with E-state index >= 15 is 0 Å². The summed E-state index contributed by atoms with van der Waals surface area (Å²) >= 11 is 0. The molecule has 0 saturated carbocycles. The van der Waals surface area contributed by atoms with E-state index in [0.29, 0.717) is 6.26 Å². The molecular formula is C11H14F3NO3. The fourth-order valence-corrected chi connectivity index (χ4v) is 1.44. The van der Waals surface area contributed by atoms with Crippen LogP contribution in [0.1, 0.15) is 23.8 Å². The maximum Gasteiger partial charge on any atom is 0.419 e. The number of hydrogen-bond donors (Lipinski definition) is 2. The summed E-state index contributed by atoms with van der Waals surface area (Å²) in [6.45, 7) is 2.93. The van der Waals surface area contributed by atoms with E-state index in [-0.39, 0.29) is 24.4 Å². The van der Waals surface area contributed by atoms with Crippen LogP contribution < -0.4 is 5.32 Å². The lowest BCUT2D eigenvalue weighted by Crippen LogP contribution is -2.26. The van der Waals surface area contributed by atoms with Crippen molar-refractivity contribution < 1.29 is 27.5 Å². The zero-order chi connectivity index (χ0) is 13.9. The van der Waals surface area contributed by atoms with Gasteiger partial charge < -0.3 is 14.8 Å². The minimum absolute atomic E-state index is 0.0140. The highest BCUT2D eigenvalue weighted by atomic mass is 19.4. The van der Waals surface area contributed by atoms with E-state index in [9.17, 15) is 18.0 Å². The van der Waals surface area contributed by atoms with Gasteiger partial charge in [-0.3, -0.25) is 4.79 Å². The van der Waals surface area contributed by atoms with Gasteiger partial charge in [0.2, 0.25) is 0 Å². The Morgan fingerprint density at radius 2 is 2.17 bits per heavy atom. The Kier molecular flexibility index (Phi) is 4.39. The van der Waals surface area contributed by atoms with E-state index in [1.807, 2.05) is 0 Å². The van der Waals surface area contributed by atoms with Crippen molar-refractivity contribution in [1.82, 2.24) is 5.32 Å². The summed E-state index contributed by atoms with van der Waals surface area (Å²) in [5, 5.41) is 11.3. The molecule has 2 N–H and O–H groups in total. The molecule has 1 atom stereocenters. The maximum atomic E-state index is 12.6. The minimum Gasteiger partial charge on any atom is -0.481 e. The van der Waals surface area contributed by atoms with Crippen LogP contribution in [0.3, 0.4) is 0 Å². The number of aryl methyl sites for hydroxylation is 1. The van der Waals surface area contributed by atoms with Crippen LogP contribution >= 0.6 is 0 Å². The fraction of sp³-hybridized carbons (Fsp3) is 0.545. The molecule has 4 nitrogen and oxygen atoms in total. The zero-order valence-electron chi connectivity index (χ0n) is 9.97. The largest absolute Gasteiger partial charge is 0.481 e. The maximum absolute atomic E-state index is 12.6. The van der Waals surface area contributed by atoms with Crippen molar-refractivity contribution >= 4 is 5.97 Å². The molecule has 1 aromatic rings. The monoisotopic (exact) mass is 265 g/mol. The number of aliphatic carboxylic acids is 1. The van der Waals surface area contributed by atoms with E-state index in [1.54, 1.807) is 0 Å². The zero-order valence-corrected chi connectivity index (χ0v) is 9.97. The molecule has 0 aliphatic rings. The SMILES string of the molecule is Cc1occ(C(F)(F)F)c1CNCC(C)C(=O)O. The Bertz CT molecular complexity index is 426. The van der Waals surface area contributed by atoms with Crippen LogP contribution in [-0.2, 0) is 17.5 Å². The summed E-state index contributed by atoms with van der Waals surface area (Å²) in [6.07, 6.45) is -3.79. The van der Waals surface area contributed by atoms with E-state index in [1.165, 1.54) is 13.8 Å². The predicted octanol–water partition coefficient (Wildman–Crippen LogP) is 2.42. The van der Waals surface area contributed by atoms with Crippen molar-refractivity contribution in [2.75, 3.05) is 6.54 Å². The normalized spacial score (nSPS) is 13.6. The van der Waals surface area contributed by atoms with Crippen LogP contribution in [0.15, 0.2) is 10.7 Å². The van der Waals surface area contributed by atoms with Crippen molar-refractivity contribution in [1.29, 1.82) is 0 Å². The second-order valence-corrected chi connectivity index (χ2v) is 4.05. The summed E-state index contributed by atoms with van der Waals surface area (Å²) in [5.41, 5.74) is -0.810. The lowest BCUT2D eigenvalue weighted by molar-refractivity contribution is -0.141. The van der Waals surface area contributed by atoms with E-state index in [4.69, 9.17) is 9.52 Å². The molecule has 0 saturated heterocycles. The number of carbonyl (C=O) groups is 1. The van der Waals surface area contributed by atoms with Gasteiger partial charge >= 0.3 is 12.1 Å². The Balaban J connectivity index is 2.68. The average molecular weight is 265 g/mol. The minimum atomic E-state index is -4.47.